The van der Waals surface area contributed by atoms with Gasteiger partial charge in [0.05, 0.1) is 0 Å². The maximum absolute atomic E-state index is 11.1. The van der Waals surface area contributed by atoms with Gasteiger partial charge in [0.25, 0.3) is 0 Å². The molecule has 0 saturated heterocycles. The van der Waals surface area contributed by atoms with Gasteiger partial charge in [-0.3, -0.25) is 9.79 Å². The van der Waals surface area contributed by atoms with Crippen molar-refractivity contribution in [1.29, 1.82) is 0 Å². The van der Waals surface area contributed by atoms with E-state index < -0.39 is 0 Å². The van der Waals surface area contributed by atoms with Crippen LogP contribution in [0.4, 0.5) is 0 Å². The number of nitrogens with one attached hydrogen (secondary N) is 1. The molecule has 0 aromatic carbocycles. The summed E-state index contributed by atoms with van der Waals surface area (Å²) in [5.41, 5.74) is 0.773. The summed E-state index contributed by atoms with van der Waals surface area (Å²) in [7, 11) is 1.63. The third-order valence-electron chi connectivity index (χ3n) is 1.80. The summed E-state index contributed by atoms with van der Waals surface area (Å²) in [6, 6.07) is 0. The van der Waals surface area contributed by atoms with Crippen LogP contribution in [-0.4, -0.2) is 19.2 Å². The predicted molar refractivity (Wildman–Crippen MR) is 44.4 cm³/mol. The molecule has 3 nitrogen and oxygen atoms in total. The van der Waals surface area contributed by atoms with E-state index in [0.29, 0.717) is 5.92 Å². The number of nitrogens with zero attached hydrogens (tertiary/aromatic N) is 1. The molecule has 0 aromatic rings. The van der Waals surface area contributed by atoms with Crippen LogP contribution in [0.2, 0.25) is 0 Å². The summed E-state index contributed by atoms with van der Waals surface area (Å²) in [4.78, 5) is 15.1. The second kappa shape index (κ2) is 3.32. The van der Waals surface area contributed by atoms with E-state index >= 15 is 0 Å². The maximum Gasteiger partial charge on any atom is 0.248 e. The first-order chi connectivity index (χ1) is 5.25. The molecule has 0 saturated carbocycles. The molecule has 3 heteroatoms. The highest BCUT2D eigenvalue weighted by Gasteiger charge is 2.16. The van der Waals surface area contributed by atoms with Gasteiger partial charge in [-0.1, -0.05) is 6.92 Å². The first-order valence-corrected chi connectivity index (χ1v) is 3.69. The number of carbonyl (C=O) groups is 1. The molecule has 1 rings (SSSR count). The zero-order valence-electron chi connectivity index (χ0n) is 6.79. The van der Waals surface area contributed by atoms with Crippen LogP contribution in [0, 0.1) is 5.92 Å². The number of rotatable bonds is 1. The summed E-state index contributed by atoms with van der Waals surface area (Å²) in [5, 5.41) is 2.58. The lowest BCUT2D eigenvalue weighted by Gasteiger charge is -2.13. The van der Waals surface area contributed by atoms with Gasteiger partial charge < -0.3 is 5.32 Å². The van der Waals surface area contributed by atoms with E-state index in [-0.39, 0.29) is 5.91 Å². The molecule has 1 unspecified atom stereocenters. The minimum Gasteiger partial charge on any atom is -0.355 e. The summed E-state index contributed by atoms with van der Waals surface area (Å²) < 4.78 is 0. The van der Waals surface area contributed by atoms with Crippen molar-refractivity contribution in [3.05, 3.63) is 11.8 Å². The Morgan fingerprint density at radius 1 is 1.82 bits per heavy atom. The number of aliphatic imine (C=N–C) groups is 1. The fourth-order valence-corrected chi connectivity index (χ4v) is 1.03. The topological polar surface area (TPSA) is 41.5 Å². The van der Waals surface area contributed by atoms with Gasteiger partial charge in [-0.2, -0.15) is 0 Å². The second-order valence-electron chi connectivity index (χ2n) is 2.63. The van der Waals surface area contributed by atoms with Gasteiger partial charge in [0.1, 0.15) is 0 Å². The summed E-state index contributed by atoms with van der Waals surface area (Å²) >= 11 is 0. The lowest BCUT2D eigenvalue weighted by Crippen LogP contribution is -2.24. The average molecular weight is 152 g/mol. The fourth-order valence-electron chi connectivity index (χ4n) is 1.03. The highest BCUT2D eigenvalue weighted by atomic mass is 16.1. The second-order valence-corrected chi connectivity index (χ2v) is 2.63. The Labute approximate surface area is 66.2 Å². The van der Waals surface area contributed by atoms with E-state index in [2.05, 4.69) is 10.3 Å². The van der Waals surface area contributed by atoms with E-state index in [4.69, 9.17) is 0 Å². The zero-order chi connectivity index (χ0) is 8.27. The van der Waals surface area contributed by atoms with Gasteiger partial charge in [-0.05, 0) is 12.3 Å². The van der Waals surface area contributed by atoms with Gasteiger partial charge in [-0.15, -0.1) is 0 Å². The van der Waals surface area contributed by atoms with Crippen LogP contribution in [0.25, 0.3) is 0 Å². The van der Waals surface area contributed by atoms with Gasteiger partial charge >= 0.3 is 0 Å². The molecule has 0 radical (unpaired) electrons. The first kappa shape index (κ1) is 7.98. The highest BCUT2D eigenvalue weighted by Crippen LogP contribution is 2.16. The van der Waals surface area contributed by atoms with Gasteiger partial charge in [0.15, 0.2) is 0 Å². The Morgan fingerprint density at radius 2 is 2.55 bits per heavy atom. The minimum atomic E-state index is -0.0191. The van der Waals surface area contributed by atoms with Crippen molar-refractivity contribution in [1.82, 2.24) is 5.32 Å². The summed E-state index contributed by atoms with van der Waals surface area (Å²) in [5.74, 6) is 0.279. The van der Waals surface area contributed by atoms with Gasteiger partial charge in [0.2, 0.25) is 5.91 Å². The normalized spacial score (nSPS) is 22.7. The van der Waals surface area contributed by atoms with Crippen LogP contribution < -0.4 is 5.32 Å². The molecule has 60 valence electrons. The molecule has 1 heterocycles. The van der Waals surface area contributed by atoms with Crippen molar-refractivity contribution < 1.29 is 4.79 Å². The molecule has 0 fully saturated rings. The molecule has 1 N–H and O–H groups in total. The van der Waals surface area contributed by atoms with Crippen molar-refractivity contribution in [2.45, 2.75) is 13.3 Å². The number of hydrogen-bond acceptors (Lipinski definition) is 2. The van der Waals surface area contributed by atoms with Crippen LogP contribution in [0.5, 0.6) is 0 Å². The van der Waals surface area contributed by atoms with E-state index in [0.717, 1.165) is 12.0 Å². The lowest BCUT2D eigenvalue weighted by atomic mass is 9.97. The molecular weight excluding hydrogens is 140 g/mol. The molecule has 1 amide bonds. The molecular formula is C8H12N2O. The third kappa shape index (κ3) is 1.67. The van der Waals surface area contributed by atoms with Crippen LogP contribution >= 0.6 is 0 Å². The van der Waals surface area contributed by atoms with Gasteiger partial charge in [-0.25, -0.2) is 0 Å². The van der Waals surface area contributed by atoms with E-state index in [9.17, 15) is 4.79 Å². The number of hydrogen-bond donors (Lipinski definition) is 1. The number of carbonyl (C=O) groups excluding carboxylic acids is 1. The molecule has 11 heavy (non-hydrogen) atoms. The predicted octanol–water partition coefficient (Wildman–Crippen LogP) is 0.727. The Morgan fingerprint density at radius 3 is 3.09 bits per heavy atom. The average Bonchev–Trinajstić information content (AvgIpc) is 2.04. The SMILES string of the molecule is CNC(=O)C1=CN=CCC1C. The molecule has 0 aliphatic carbocycles. The van der Waals surface area contributed by atoms with Crippen LogP contribution in [-0.2, 0) is 4.79 Å². The van der Waals surface area contributed by atoms with E-state index in [1.807, 2.05) is 13.1 Å². The zero-order valence-corrected chi connectivity index (χ0v) is 6.79. The minimum absolute atomic E-state index is 0.0191. The standard InChI is InChI=1S/C8H12N2O/c1-6-3-4-10-5-7(6)8(11)9-2/h4-6H,3H2,1-2H3,(H,9,11). The molecule has 1 aliphatic rings. The first-order valence-electron chi connectivity index (χ1n) is 3.69. The monoisotopic (exact) mass is 152 g/mol. The smallest absolute Gasteiger partial charge is 0.248 e. The molecule has 1 aliphatic heterocycles. The van der Waals surface area contributed by atoms with Crippen molar-refractivity contribution in [2.24, 2.45) is 10.9 Å². The summed E-state index contributed by atoms with van der Waals surface area (Å²) in [6.07, 6.45) is 4.32. The summed E-state index contributed by atoms with van der Waals surface area (Å²) in [6.45, 7) is 2.02. The Hall–Kier alpha value is -1.12. The Kier molecular flexibility index (Phi) is 2.41. The maximum atomic E-state index is 11.1. The fraction of sp³-hybridized carbons (Fsp3) is 0.500. The molecule has 0 bridgehead atoms. The highest BCUT2D eigenvalue weighted by molar-refractivity contribution is 5.94. The van der Waals surface area contributed by atoms with E-state index in [1.54, 1.807) is 13.2 Å². The van der Waals surface area contributed by atoms with Crippen LogP contribution in [0.15, 0.2) is 16.8 Å². The molecule has 1 atom stereocenters. The largest absolute Gasteiger partial charge is 0.355 e. The Bertz CT molecular complexity index is 218. The van der Waals surface area contributed by atoms with E-state index in [1.165, 1.54) is 0 Å². The van der Waals surface area contributed by atoms with Crippen molar-refractivity contribution in [3.63, 3.8) is 0 Å². The lowest BCUT2D eigenvalue weighted by molar-refractivity contribution is -0.117. The van der Waals surface area contributed by atoms with Crippen LogP contribution in [0.1, 0.15) is 13.3 Å². The quantitative estimate of drug-likeness (QED) is 0.591. The number of amides is 1. The number of likely N-dealkylation sites (N-methyl/N-ethyl adjacent to an activating group) is 1. The van der Waals surface area contributed by atoms with Crippen molar-refractivity contribution in [3.8, 4) is 0 Å². The molecule has 0 aromatic heterocycles. The molecule has 0 spiro atoms. The van der Waals surface area contributed by atoms with Crippen LogP contribution in [0.3, 0.4) is 0 Å². The van der Waals surface area contributed by atoms with Gasteiger partial charge in [0, 0.05) is 25.0 Å². The van der Waals surface area contributed by atoms with Crippen molar-refractivity contribution >= 4 is 12.1 Å². The van der Waals surface area contributed by atoms with Crippen molar-refractivity contribution in [2.75, 3.05) is 7.05 Å². The Balaban J connectivity index is 2.75. The third-order valence-corrected chi connectivity index (χ3v) is 1.80.